The van der Waals surface area contributed by atoms with E-state index in [9.17, 15) is 9.90 Å². The van der Waals surface area contributed by atoms with Crippen LogP contribution in [0.15, 0.2) is 36.5 Å². The summed E-state index contributed by atoms with van der Waals surface area (Å²) in [4.78, 5) is 13.6. The van der Waals surface area contributed by atoms with Crippen molar-refractivity contribution in [1.82, 2.24) is 0 Å². The van der Waals surface area contributed by atoms with Gasteiger partial charge in [0.15, 0.2) is 0 Å². The molecule has 0 aromatic carbocycles. The molecule has 0 aromatic rings. The van der Waals surface area contributed by atoms with Crippen molar-refractivity contribution >= 4 is 5.97 Å². The van der Waals surface area contributed by atoms with Gasteiger partial charge in [-0.25, -0.2) is 0 Å². The predicted octanol–water partition coefficient (Wildman–Crippen LogP) is 13.4. The van der Waals surface area contributed by atoms with Crippen molar-refractivity contribution in [3.8, 4) is 0 Å². The van der Waals surface area contributed by atoms with Crippen LogP contribution in [0.5, 0.6) is 0 Å². The minimum absolute atomic E-state index is 0.0339. The maximum Gasteiger partial charge on any atom is 0.306 e. The van der Waals surface area contributed by atoms with Gasteiger partial charge >= 0.3 is 5.97 Å². The summed E-state index contributed by atoms with van der Waals surface area (Å²) in [6, 6.07) is 0. The van der Waals surface area contributed by atoms with Gasteiger partial charge in [0.1, 0.15) is 6.10 Å². The Hall–Kier alpha value is -1.35. The molecular formula is C48H80O3. The summed E-state index contributed by atoms with van der Waals surface area (Å²) in [5, 5.41) is 11.6. The van der Waals surface area contributed by atoms with Crippen LogP contribution in [0, 0.1) is 56.7 Å². The van der Waals surface area contributed by atoms with Gasteiger partial charge in [-0.05, 0) is 148 Å². The van der Waals surface area contributed by atoms with Crippen molar-refractivity contribution in [2.45, 2.75) is 202 Å². The van der Waals surface area contributed by atoms with Crippen molar-refractivity contribution < 1.29 is 14.6 Å². The first-order valence-electron chi connectivity index (χ1n) is 22.0. The molecule has 5 fully saturated rings. The molecule has 1 N–H and O–H groups in total. The molecule has 5 saturated carbocycles. The fourth-order valence-corrected chi connectivity index (χ4v) is 13.9. The van der Waals surface area contributed by atoms with Crippen LogP contribution in [0.3, 0.4) is 0 Å². The van der Waals surface area contributed by atoms with E-state index in [-0.39, 0.29) is 33.7 Å². The van der Waals surface area contributed by atoms with E-state index < -0.39 is 6.10 Å². The highest BCUT2D eigenvalue weighted by molar-refractivity contribution is 5.69. The normalized spacial score (nSPS) is 41.5. The standard InChI is InChI=1S/C48H80O3/c1-10-11-12-13-14-15-16-17-18-19-20-21-22-23-24-25-42(50)51-41-34-40(49)44(4,5)38-29-31-47(8)39(48(38,41)9)27-26-37-43-36(35(2)3)28-30-45(43,6)32-33-46(37,47)7/h14-15,17-18,36-41,43,49H,2,10-13,16,19-34H2,1,3-9H3/b15-14-,18-17-/t36-,37+,38+,39+,40-,41?,43+,45+,46+,47+,48-/m0/s1. The molecule has 1 unspecified atom stereocenters. The number of fused-ring (bicyclic) bond motifs is 7. The van der Waals surface area contributed by atoms with Gasteiger partial charge in [-0.3, -0.25) is 4.79 Å². The van der Waals surface area contributed by atoms with E-state index in [2.05, 4.69) is 86.3 Å². The molecule has 0 amide bonds. The third kappa shape index (κ3) is 7.78. The van der Waals surface area contributed by atoms with Crippen molar-refractivity contribution in [3.05, 3.63) is 36.5 Å². The van der Waals surface area contributed by atoms with Gasteiger partial charge in [-0.15, -0.1) is 0 Å². The lowest BCUT2D eigenvalue weighted by atomic mass is 9.32. The van der Waals surface area contributed by atoms with Gasteiger partial charge in [0.2, 0.25) is 0 Å². The van der Waals surface area contributed by atoms with Crippen LogP contribution in [0.2, 0.25) is 0 Å². The first kappa shape index (κ1) is 40.8. The summed E-state index contributed by atoms with van der Waals surface area (Å²) in [5.41, 5.74) is 2.04. The molecule has 51 heavy (non-hydrogen) atoms. The summed E-state index contributed by atoms with van der Waals surface area (Å²) in [6.45, 7) is 24.2. The molecule has 3 nitrogen and oxygen atoms in total. The second-order valence-corrected chi connectivity index (χ2v) is 20.2. The Labute approximate surface area is 315 Å². The molecule has 3 heteroatoms. The molecule has 0 spiro atoms. The molecule has 5 aliphatic rings. The van der Waals surface area contributed by atoms with Gasteiger partial charge in [0.05, 0.1) is 6.10 Å². The number of aliphatic hydroxyl groups excluding tert-OH is 1. The van der Waals surface area contributed by atoms with Crippen LogP contribution in [-0.4, -0.2) is 23.3 Å². The van der Waals surface area contributed by atoms with Crippen molar-refractivity contribution in [1.29, 1.82) is 0 Å². The highest BCUT2D eigenvalue weighted by Crippen LogP contribution is 2.77. The fourth-order valence-electron chi connectivity index (χ4n) is 13.9. The first-order valence-corrected chi connectivity index (χ1v) is 22.0. The molecule has 0 saturated heterocycles. The number of carbonyl (C=O) groups is 1. The molecular weight excluding hydrogens is 625 g/mol. The Kier molecular flexibility index (Phi) is 13.3. The Morgan fingerprint density at radius 2 is 1.43 bits per heavy atom. The van der Waals surface area contributed by atoms with E-state index in [0.717, 1.165) is 43.9 Å². The number of allylic oxidation sites excluding steroid dienone is 5. The SMILES string of the molecule is C=C(C)[C@@H]1CC[C@]2(C)CC[C@]3(C)[C@H](CC[C@H]4[C@@]5(C)C(OC(=O)CCCCCCC/C=C\C/C=C\CCCCC)C[C@H](O)C(C)(C)[C@H]5CC[C@]43C)[C@@H]12. The fraction of sp³-hybridized carbons (Fsp3) is 0.854. The second-order valence-electron chi connectivity index (χ2n) is 20.2. The molecule has 290 valence electrons. The number of esters is 1. The minimum atomic E-state index is -0.439. The zero-order valence-electron chi connectivity index (χ0n) is 34.7. The van der Waals surface area contributed by atoms with Crippen molar-refractivity contribution in [2.24, 2.45) is 56.7 Å². The van der Waals surface area contributed by atoms with Crippen LogP contribution in [0.4, 0.5) is 0 Å². The Balaban J connectivity index is 1.18. The zero-order valence-corrected chi connectivity index (χ0v) is 34.7. The number of hydrogen-bond acceptors (Lipinski definition) is 3. The zero-order chi connectivity index (χ0) is 37.1. The molecule has 0 aromatic heterocycles. The summed E-state index contributed by atoms with van der Waals surface area (Å²) in [5.74, 6) is 2.97. The predicted molar refractivity (Wildman–Crippen MR) is 215 cm³/mol. The monoisotopic (exact) mass is 705 g/mol. The van der Waals surface area contributed by atoms with Gasteiger partial charge in [-0.2, -0.15) is 0 Å². The lowest BCUT2D eigenvalue weighted by Crippen LogP contribution is -2.70. The smallest absolute Gasteiger partial charge is 0.306 e. The molecule has 5 rings (SSSR count). The lowest BCUT2D eigenvalue weighted by molar-refractivity contribution is -0.277. The second kappa shape index (κ2) is 16.6. The summed E-state index contributed by atoms with van der Waals surface area (Å²) in [6.07, 6.45) is 32.9. The van der Waals surface area contributed by atoms with E-state index >= 15 is 0 Å². The Morgan fingerprint density at radius 1 is 0.765 bits per heavy atom. The molecule has 5 aliphatic carbocycles. The topological polar surface area (TPSA) is 46.5 Å². The third-order valence-corrected chi connectivity index (χ3v) is 17.2. The molecule has 11 atom stereocenters. The van der Waals surface area contributed by atoms with Crippen LogP contribution in [0.1, 0.15) is 190 Å². The molecule has 0 heterocycles. The maximum atomic E-state index is 13.6. The van der Waals surface area contributed by atoms with Gasteiger partial charge < -0.3 is 9.84 Å². The molecule has 0 aliphatic heterocycles. The number of rotatable bonds is 16. The van der Waals surface area contributed by atoms with Gasteiger partial charge in [0, 0.05) is 18.3 Å². The number of ether oxygens (including phenoxy) is 1. The average Bonchev–Trinajstić information content (AvgIpc) is 3.43. The van der Waals surface area contributed by atoms with Gasteiger partial charge in [-0.1, -0.05) is 117 Å². The van der Waals surface area contributed by atoms with Gasteiger partial charge in [0.25, 0.3) is 0 Å². The van der Waals surface area contributed by atoms with Crippen LogP contribution in [-0.2, 0) is 9.53 Å². The Morgan fingerprint density at radius 3 is 2.12 bits per heavy atom. The summed E-state index contributed by atoms with van der Waals surface area (Å²) in [7, 11) is 0. The average molecular weight is 705 g/mol. The number of aliphatic hydroxyl groups is 1. The first-order chi connectivity index (χ1) is 24.2. The molecule has 0 bridgehead atoms. The van der Waals surface area contributed by atoms with E-state index in [1.807, 2.05) is 0 Å². The highest BCUT2D eigenvalue weighted by Gasteiger charge is 2.72. The van der Waals surface area contributed by atoms with Crippen LogP contribution in [0.25, 0.3) is 0 Å². The van der Waals surface area contributed by atoms with Crippen LogP contribution < -0.4 is 0 Å². The highest BCUT2D eigenvalue weighted by atomic mass is 16.5. The molecule has 0 radical (unpaired) electrons. The summed E-state index contributed by atoms with van der Waals surface area (Å²) >= 11 is 0. The quantitative estimate of drug-likeness (QED) is 0.0988. The van der Waals surface area contributed by atoms with E-state index in [1.165, 1.54) is 95.5 Å². The minimum Gasteiger partial charge on any atom is -0.462 e. The number of hydrogen-bond donors (Lipinski definition) is 1. The largest absolute Gasteiger partial charge is 0.462 e. The Bertz CT molecular complexity index is 1240. The van der Waals surface area contributed by atoms with E-state index in [4.69, 9.17) is 4.74 Å². The maximum absolute atomic E-state index is 13.6. The van der Waals surface area contributed by atoms with Crippen molar-refractivity contribution in [3.63, 3.8) is 0 Å². The van der Waals surface area contributed by atoms with Crippen LogP contribution >= 0.6 is 0 Å². The van der Waals surface area contributed by atoms with E-state index in [0.29, 0.717) is 36.0 Å². The van der Waals surface area contributed by atoms with Crippen molar-refractivity contribution in [2.75, 3.05) is 0 Å². The lowest BCUT2D eigenvalue weighted by Gasteiger charge is -2.73. The summed E-state index contributed by atoms with van der Waals surface area (Å²) < 4.78 is 6.62. The van der Waals surface area contributed by atoms with E-state index in [1.54, 1.807) is 0 Å². The number of carbonyl (C=O) groups excluding carboxylic acids is 1. The number of unbranched alkanes of at least 4 members (excludes halogenated alkanes) is 8. The third-order valence-electron chi connectivity index (χ3n) is 17.2.